The predicted octanol–water partition coefficient (Wildman–Crippen LogP) is 0.443. The molecule has 296 valence electrons. The molecule has 0 aromatic heterocycles. The number of carbonyl (C=O) groups is 2. The molecule has 6 N–H and O–H groups in total. The third-order valence-corrected chi connectivity index (χ3v) is 12.2. The molecule has 3 aliphatic heterocycles. The zero-order valence-electron chi connectivity index (χ0n) is 30.5. The van der Waals surface area contributed by atoms with Crippen molar-refractivity contribution >= 4 is 18.0 Å². The zero-order chi connectivity index (χ0) is 38.2. The van der Waals surface area contributed by atoms with Crippen LogP contribution in [-0.2, 0) is 42.7 Å². The number of aliphatic hydroxyl groups is 6. The lowest BCUT2D eigenvalue weighted by Gasteiger charge is -2.48. The number of methoxy groups -OCH3 is 1. The number of esters is 2. The Morgan fingerprint density at radius 3 is 2.36 bits per heavy atom. The Bertz CT molecular complexity index is 1440. The molecule has 1 spiro atoms. The van der Waals surface area contributed by atoms with Gasteiger partial charge in [0.1, 0.15) is 48.3 Å². The molecule has 5 fully saturated rings. The van der Waals surface area contributed by atoms with Gasteiger partial charge in [0.25, 0.3) is 0 Å². The Morgan fingerprint density at radius 1 is 0.925 bits per heavy atom. The van der Waals surface area contributed by atoms with Gasteiger partial charge in [-0.25, -0.2) is 4.79 Å². The van der Waals surface area contributed by atoms with Crippen LogP contribution in [0.1, 0.15) is 58.4 Å². The van der Waals surface area contributed by atoms with E-state index in [4.69, 9.17) is 33.2 Å². The normalized spacial score (nSPS) is 45.9. The number of ether oxygens (including phenoxy) is 7. The van der Waals surface area contributed by atoms with Crippen LogP contribution in [-0.4, -0.2) is 142 Å². The average Bonchev–Trinajstić information content (AvgIpc) is 3.39. The fraction of sp³-hybridized carbons (Fsp3) is 0.737. The summed E-state index contributed by atoms with van der Waals surface area (Å²) in [6.07, 6.45) is -9.40. The maximum Gasteiger partial charge on any atom is 0.331 e. The van der Waals surface area contributed by atoms with Gasteiger partial charge in [-0.3, -0.25) is 4.79 Å². The van der Waals surface area contributed by atoms with E-state index in [0.29, 0.717) is 12.8 Å². The quantitative estimate of drug-likeness (QED) is 0.149. The predicted molar refractivity (Wildman–Crippen MR) is 183 cm³/mol. The van der Waals surface area contributed by atoms with Crippen molar-refractivity contribution in [2.75, 3.05) is 20.3 Å². The van der Waals surface area contributed by atoms with Crippen LogP contribution in [0.5, 0.6) is 0 Å². The van der Waals surface area contributed by atoms with Crippen LogP contribution >= 0.6 is 0 Å². The highest BCUT2D eigenvalue weighted by atomic mass is 16.7. The zero-order valence-corrected chi connectivity index (χ0v) is 30.5. The van der Waals surface area contributed by atoms with Crippen molar-refractivity contribution in [3.8, 4) is 0 Å². The molecule has 5 aliphatic rings. The number of hydrogen-bond acceptors (Lipinski definition) is 15. The lowest BCUT2D eigenvalue weighted by atomic mass is 9.70. The monoisotopic (exact) mass is 750 g/mol. The van der Waals surface area contributed by atoms with E-state index < -0.39 is 109 Å². The summed E-state index contributed by atoms with van der Waals surface area (Å²) in [4.78, 5) is 26.7. The molecule has 3 saturated heterocycles. The summed E-state index contributed by atoms with van der Waals surface area (Å²) in [7, 11) is 1.59. The third-order valence-electron chi connectivity index (χ3n) is 12.2. The van der Waals surface area contributed by atoms with E-state index in [2.05, 4.69) is 0 Å². The summed E-state index contributed by atoms with van der Waals surface area (Å²) in [5.74, 6) is -4.13. The maximum atomic E-state index is 13.8. The second-order valence-corrected chi connectivity index (χ2v) is 15.5. The molecule has 15 nitrogen and oxygen atoms in total. The molecule has 53 heavy (non-hydrogen) atoms. The van der Waals surface area contributed by atoms with Gasteiger partial charge in [0.15, 0.2) is 6.29 Å². The van der Waals surface area contributed by atoms with Crippen LogP contribution in [0.15, 0.2) is 36.4 Å². The fourth-order valence-corrected chi connectivity index (χ4v) is 8.71. The summed E-state index contributed by atoms with van der Waals surface area (Å²) in [5.41, 5.74) is -0.0746. The average molecular weight is 751 g/mol. The summed E-state index contributed by atoms with van der Waals surface area (Å²) < 4.78 is 42.6. The molecule has 15 heteroatoms. The first-order valence-electron chi connectivity index (χ1n) is 18.5. The Kier molecular flexibility index (Phi) is 12.3. The Morgan fingerprint density at radius 2 is 1.66 bits per heavy atom. The number of carbonyl (C=O) groups excluding carboxylic acids is 2. The lowest BCUT2D eigenvalue weighted by molar-refractivity contribution is -0.328. The minimum atomic E-state index is -1.70. The molecular formula is C38H54O15. The van der Waals surface area contributed by atoms with Crippen LogP contribution < -0.4 is 0 Å². The van der Waals surface area contributed by atoms with Crippen LogP contribution in [0.2, 0.25) is 0 Å². The number of aliphatic hydroxyl groups excluding tert-OH is 6. The van der Waals surface area contributed by atoms with Crippen molar-refractivity contribution in [1.29, 1.82) is 0 Å². The highest BCUT2D eigenvalue weighted by Crippen LogP contribution is 2.56. The smallest absolute Gasteiger partial charge is 0.331 e. The summed E-state index contributed by atoms with van der Waals surface area (Å²) >= 11 is 0. The molecule has 0 bridgehead atoms. The Balaban J connectivity index is 1.13. The number of fused-ring (bicyclic) bond motifs is 1. The van der Waals surface area contributed by atoms with Crippen LogP contribution in [0.4, 0.5) is 0 Å². The molecule has 2 aliphatic carbocycles. The van der Waals surface area contributed by atoms with E-state index in [1.807, 2.05) is 44.2 Å². The summed E-state index contributed by atoms with van der Waals surface area (Å²) in [5, 5.41) is 62.7. The molecule has 17 unspecified atom stereocenters. The molecule has 6 rings (SSSR count). The first kappa shape index (κ1) is 40.1. The maximum absolute atomic E-state index is 13.8. The summed E-state index contributed by atoms with van der Waals surface area (Å²) in [6, 6.07) is 9.42. The van der Waals surface area contributed by atoms with E-state index >= 15 is 0 Å². The molecule has 0 radical (unpaired) electrons. The molecule has 3 heterocycles. The van der Waals surface area contributed by atoms with Gasteiger partial charge >= 0.3 is 11.9 Å². The van der Waals surface area contributed by atoms with Gasteiger partial charge in [-0.05, 0) is 51.2 Å². The van der Waals surface area contributed by atoms with Crippen molar-refractivity contribution in [3.63, 3.8) is 0 Å². The Hall–Kier alpha value is -2.54. The Labute approximate surface area is 308 Å². The van der Waals surface area contributed by atoms with Crippen LogP contribution in [0.3, 0.4) is 0 Å². The van der Waals surface area contributed by atoms with Gasteiger partial charge in [-0.2, -0.15) is 0 Å². The van der Waals surface area contributed by atoms with E-state index in [1.54, 1.807) is 13.2 Å². The van der Waals surface area contributed by atoms with Gasteiger partial charge in [0, 0.05) is 44.0 Å². The van der Waals surface area contributed by atoms with Gasteiger partial charge in [0.2, 0.25) is 5.79 Å². The molecule has 2 saturated carbocycles. The molecule has 17 atom stereocenters. The van der Waals surface area contributed by atoms with Crippen molar-refractivity contribution in [2.45, 2.75) is 132 Å². The van der Waals surface area contributed by atoms with Crippen LogP contribution in [0.25, 0.3) is 6.08 Å². The molecule has 1 aromatic carbocycles. The molecular weight excluding hydrogens is 696 g/mol. The number of rotatable bonds is 9. The number of benzene rings is 1. The lowest BCUT2D eigenvalue weighted by Crippen LogP contribution is -2.62. The standard InChI is InChI=1S/C38H54O15/c1-19-18-48-38(16-27(19)50-28(40)13-10-21-8-6-5-7-9-21)37(3,47-4)24-12-11-22(14-25(24)53-38)35(46)51-26-15-23(17-39)30(42)32(44)34(26)52-36-33(45)31(43)29(41)20(2)49-36/h5-10,13,19-20,22-27,29-34,36,39,41-45H,11-12,14-18H2,1-4H3. The fourth-order valence-electron chi connectivity index (χ4n) is 8.71. The van der Waals surface area contributed by atoms with Crippen molar-refractivity contribution in [1.82, 2.24) is 0 Å². The highest BCUT2D eigenvalue weighted by molar-refractivity contribution is 5.87. The highest BCUT2D eigenvalue weighted by Gasteiger charge is 2.68. The van der Waals surface area contributed by atoms with E-state index in [1.165, 1.54) is 13.0 Å². The third kappa shape index (κ3) is 7.81. The number of hydrogen-bond donors (Lipinski definition) is 6. The topological polar surface area (TPSA) is 220 Å². The van der Waals surface area contributed by atoms with Gasteiger partial charge in [0.05, 0.1) is 30.8 Å². The van der Waals surface area contributed by atoms with E-state index in [-0.39, 0.29) is 37.7 Å². The first-order chi connectivity index (χ1) is 25.2. The molecule has 1 aromatic rings. The van der Waals surface area contributed by atoms with Crippen LogP contribution in [0, 0.1) is 23.7 Å². The summed E-state index contributed by atoms with van der Waals surface area (Å²) in [6.45, 7) is 5.08. The molecule has 0 amide bonds. The van der Waals surface area contributed by atoms with Crippen molar-refractivity contribution in [3.05, 3.63) is 42.0 Å². The van der Waals surface area contributed by atoms with Gasteiger partial charge in [-0.15, -0.1) is 0 Å². The first-order valence-corrected chi connectivity index (χ1v) is 18.5. The van der Waals surface area contributed by atoms with Gasteiger partial charge < -0.3 is 63.8 Å². The van der Waals surface area contributed by atoms with Crippen molar-refractivity contribution < 1.29 is 73.4 Å². The van der Waals surface area contributed by atoms with E-state index in [0.717, 1.165) is 5.56 Å². The largest absolute Gasteiger partial charge is 0.459 e. The SMILES string of the molecule is COC1(C)C2CCC(C(=O)OC3CC(CO)C(O)C(O)C3OC3OC(C)C(O)C(O)C3O)CC2OC12CC(OC(=O)C=Cc1ccccc1)C(C)CO2. The van der Waals surface area contributed by atoms with Gasteiger partial charge in [-0.1, -0.05) is 37.3 Å². The minimum Gasteiger partial charge on any atom is -0.459 e. The minimum absolute atomic E-state index is 0.0680. The second-order valence-electron chi connectivity index (χ2n) is 15.5. The van der Waals surface area contributed by atoms with E-state index in [9.17, 15) is 40.2 Å². The second kappa shape index (κ2) is 16.3. The van der Waals surface area contributed by atoms with Crippen molar-refractivity contribution in [2.24, 2.45) is 23.7 Å².